The number of phenols is 1. The van der Waals surface area contributed by atoms with Gasteiger partial charge >= 0.3 is 0 Å². The standard InChI is InChI=1S/C14H14INO2/c15-13-9-10(7-8-16)1-6-14(13)18-12-4-2-11(17)3-5-12/h1-6,9,17H,7-8,16H2/i8T. The molecule has 0 aliphatic carbocycles. The molecule has 0 saturated heterocycles. The molecule has 94 valence electrons. The van der Waals surface area contributed by atoms with Crippen LogP contribution in [-0.4, -0.2) is 11.6 Å². The van der Waals surface area contributed by atoms with Gasteiger partial charge in [0, 0.05) is 1.37 Å². The molecule has 18 heavy (non-hydrogen) atoms. The summed E-state index contributed by atoms with van der Waals surface area (Å²) < 4.78 is 14.0. The van der Waals surface area contributed by atoms with Gasteiger partial charge in [0.15, 0.2) is 0 Å². The van der Waals surface area contributed by atoms with Crippen molar-refractivity contribution in [3.05, 3.63) is 51.6 Å². The molecule has 2 aromatic rings. The summed E-state index contributed by atoms with van der Waals surface area (Å²) in [4.78, 5) is 0. The average molecular weight is 357 g/mol. The highest BCUT2D eigenvalue weighted by Gasteiger charge is 2.04. The molecule has 0 heterocycles. The first-order chi connectivity index (χ1) is 9.04. The predicted octanol–water partition coefficient (Wildman–Crippen LogP) is 3.29. The third-order valence-corrected chi connectivity index (χ3v) is 3.26. The van der Waals surface area contributed by atoms with Crippen LogP contribution in [0, 0.1) is 3.57 Å². The van der Waals surface area contributed by atoms with E-state index >= 15 is 0 Å². The monoisotopic (exact) mass is 357 g/mol. The Morgan fingerprint density at radius 1 is 1.22 bits per heavy atom. The molecule has 0 fully saturated rings. The van der Waals surface area contributed by atoms with Crippen LogP contribution >= 0.6 is 22.6 Å². The Hall–Kier alpha value is -1.27. The van der Waals surface area contributed by atoms with Gasteiger partial charge in [-0.1, -0.05) is 6.07 Å². The minimum atomic E-state index is -0.598. The first-order valence-electron chi connectivity index (χ1n) is 6.05. The lowest BCUT2D eigenvalue weighted by atomic mass is 10.1. The third-order valence-electron chi connectivity index (χ3n) is 2.41. The predicted molar refractivity (Wildman–Crippen MR) is 80.1 cm³/mol. The summed E-state index contributed by atoms with van der Waals surface area (Å²) in [6.45, 7) is -0.598. The smallest absolute Gasteiger partial charge is 0.140 e. The lowest BCUT2D eigenvalue weighted by Gasteiger charge is -2.09. The van der Waals surface area contributed by atoms with Crippen molar-refractivity contribution in [1.82, 2.24) is 0 Å². The molecular formula is C14H14INO2. The highest BCUT2D eigenvalue weighted by Crippen LogP contribution is 2.28. The van der Waals surface area contributed by atoms with Crippen LogP contribution in [0.25, 0.3) is 0 Å². The first kappa shape index (κ1) is 11.8. The molecule has 0 aromatic heterocycles. The van der Waals surface area contributed by atoms with Crippen LogP contribution in [0.1, 0.15) is 6.93 Å². The molecule has 1 atom stereocenters. The maximum Gasteiger partial charge on any atom is 0.140 e. The maximum absolute atomic E-state index is 9.21. The zero-order valence-electron chi connectivity index (χ0n) is 10.6. The van der Waals surface area contributed by atoms with E-state index in [1.165, 1.54) is 0 Å². The molecule has 0 amide bonds. The number of aryl methyl sites for hydroxylation is 1. The van der Waals surface area contributed by atoms with E-state index in [0.29, 0.717) is 12.2 Å². The number of hydrogen-bond donors (Lipinski definition) is 2. The van der Waals surface area contributed by atoms with E-state index in [1.54, 1.807) is 24.3 Å². The van der Waals surface area contributed by atoms with Crippen LogP contribution in [0.3, 0.4) is 0 Å². The molecule has 0 saturated carbocycles. The summed E-state index contributed by atoms with van der Waals surface area (Å²) in [7, 11) is 0. The molecule has 0 aliphatic heterocycles. The molecule has 3 N–H and O–H groups in total. The van der Waals surface area contributed by atoms with E-state index in [9.17, 15) is 5.11 Å². The number of rotatable bonds is 4. The highest BCUT2D eigenvalue weighted by atomic mass is 127. The van der Waals surface area contributed by atoms with Crippen molar-refractivity contribution < 1.29 is 11.2 Å². The fraction of sp³-hybridized carbons (Fsp3) is 0.143. The molecular weight excluding hydrogens is 341 g/mol. The zero-order valence-corrected chi connectivity index (χ0v) is 11.8. The van der Waals surface area contributed by atoms with Crippen molar-refractivity contribution in [2.75, 3.05) is 6.52 Å². The van der Waals surface area contributed by atoms with E-state index in [1.807, 2.05) is 18.2 Å². The lowest BCUT2D eigenvalue weighted by Crippen LogP contribution is -2.02. The van der Waals surface area contributed by atoms with Gasteiger partial charge in [0.2, 0.25) is 0 Å². The second-order valence-corrected chi connectivity index (χ2v) is 4.96. The van der Waals surface area contributed by atoms with E-state index in [2.05, 4.69) is 22.6 Å². The van der Waals surface area contributed by atoms with Crippen LogP contribution in [0.2, 0.25) is 0 Å². The highest BCUT2D eigenvalue weighted by molar-refractivity contribution is 14.1. The second kappa shape index (κ2) is 6.06. The Morgan fingerprint density at radius 2 is 1.94 bits per heavy atom. The van der Waals surface area contributed by atoms with Gasteiger partial charge in [-0.05, 0) is 77.5 Å². The van der Waals surface area contributed by atoms with Crippen molar-refractivity contribution in [1.29, 1.82) is 0 Å². The summed E-state index contributed by atoms with van der Waals surface area (Å²) in [5.74, 6) is 1.62. The molecule has 2 rings (SSSR count). The molecule has 0 bridgehead atoms. The number of halogens is 1. The summed E-state index contributed by atoms with van der Waals surface area (Å²) in [6, 6.07) is 12.3. The molecule has 0 aliphatic rings. The van der Waals surface area contributed by atoms with E-state index in [-0.39, 0.29) is 5.75 Å². The first-order valence-corrected chi connectivity index (χ1v) is 6.55. The fourth-order valence-corrected chi connectivity index (χ4v) is 2.22. The van der Waals surface area contributed by atoms with Gasteiger partial charge in [0.25, 0.3) is 0 Å². The van der Waals surface area contributed by atoms with E-state index in [0.717, 1.165) is 14.9 Å². The molecule has 4 heteroatoms. The number of benzene rings is 2. The topological polar surface area (TPSA) is 55.5 Å². The van der Waals surface area contributed by atoms with Crippen molar-refractivity contribution in [2.24, 2.45) is 5.73 Å². The van der Waals surface area contributed by atoms with Crippen molar-refractivity contribution >= 4 is 22.6 Å². The summed E-state index contributed by atoms with van der Waals surface area (Å²) in [5, 5.41) is 9.21. The van der Waals surface area contributed by atoms with E-state index < -0.39 is 6.52 Å². The van der Waals surface area contributed by atoms with Gasteiger partial charge in [-0.3, -0.25) is 0 Å². The summed E-state index contributed by atoms with van der Waals surface area (Å²) in [6.07, 6.45) is 0.523. The Morgan fingerprint density at radius 3 is 2.56 bits per heavy atom. The zero-order chi connectivity index (χ0) is 13.8. The normalized spacial score (nSPS) is 12.9. The molecule has 0 radical (unpaired) electrons. The SMILES string of the molecule is [3H]C(N)Cc1ccc(Oc2ccc(O)cc2)c(I)c1. The molecule has 2 aromatic carbocycles. The van der Waals surface area contributed by atoms with Crippen LogP contribution in [0.5, 0.6) is 17.2 Å². The Bertz CT molecular complexity index is 558. The van der Waals surface area contributed by atoms with Crippen molar-refractivity contribution in [3.8, 4) is 17.2 Å². The van der Waals surface area contributed by atoms with Gasteiger partial charge in [-0.2, -0.15) is 0 Å². The minimum Gasteiger partial charge on any atom is -0.508 e. The van der Waals surface area contributed by atoms with Gasteiger partial charge < -0.3 is 15.6 Å². The largest absolute Gasteiger partial charge is 0.508 e. The molecule has 0 spiro atoms. The Balaban J connectivity index is 2.15. The quantitative estimate of drug-likeness (QED) is 0.826. The Kier molecular flexibility index (Phi) is 3.97. The van der Waals surface area contributed by atoms with E-state index in [4.69, 9.17) is 11.8 Å². The second-order valence-electron chi connectivity index (χ2n) is 3.80. The molecule has 1 unspecified atom stereocenters. The van der Waals surface area contributed by atoms with Gasteiger partial charge in [-0.25, -0.2) is 0 Å². The minimum absolute atomic E-state index is 0.210. The average Bonchev–Trinajstić information content (AvgIpc) is 2.34. The van der Waals surface area contributed by atoms with Crippen LogP contribution < -0.4 is 10.5 Å². The van der Waals surface area contributed by atoms with Crippen molar-refractivity contribution in [2.45, 2.75) is 6.42 Å². The Labute approximate surface area is 121 Å². The van der Waals surface area contributed by atoms with Gasteiger partial charge in [-0.15, -0.1) is 0 Å². The summed E-state index contributed by atoms with van der Waals surface area (Å²) >= 11 is 2.19. The maximum atomic E-state index is 9.21. The molecule has 3 nitrogen and oxygen atoms in total. The number of hydrogen-bond acceptors (Lipinski definition) is 3. The lowest BCUT2D eigenvalue weighted by molar-refractivity contribution is 0.463. The van der Waals surface area contributed by atoms with Gasteiger partial charge in [0.1, 0.15) is 17.2 Å². The van der Waals surface area contributed by atoms with Gasteiger partial charge in [0.05, 0.1) is 3.57 Å². The third kappa shape index (κ3) is 3.36. The van der Waals surface area contributed by atoms with Crippen LogP contribution in [0.15, 0.2) is 42.5 Å². The number of phenolic OH excluding ortho intramolecular Hbond substituents is 1. The number of nitrogens with two attached hydrogens (primary N) is 1. The van der Waals surface area contributed by atoms with Crippen LogP contribution in [-0.2, 0) is 6.42 Å². The van der Waals surface area contributed by atoms with Crippen LogP contribution in [0.4, 0.5) is 0 Å². The van der Waals surface area contributed by atoms with Crippen molar-refractivity contribution in [3.63, 3.8) is 0 Å². The fourth-order valence-electron chi connectivity index (χ4n) is 1.53. The summed E-state index contributed by atoms with van der Waals surface area (Å²) in [5.41, 5.74) is 6.48. The number of ether oxygens (including phenoxy) is 1. The number of aromatic hydroxyl groups is 1.